The maximum atomic E-state index is 14.0. The van der Waals surface area contributed by atoms with E-state index in [4.69, 9.17) is 9.72 Å². The molecular formula is C21H21F2N5O. The molecule has 0 saturated heterocycles. The number of pyridine rings is 1. The third-order valence-corrected chi connectivity index (χ3v) is 5.07. The molecule has 0 amide bonds. The molecule has 0 aliphatic rings. The molecule has 150 valence electrons. The van der Waals surface area contributed by atoms with Gasteiger partial charge in [0.25, 0.3) is 6.43 Å². The van der Waals surface area contributed by atoms with Crippen LogP contribution in [0.1, 0.15) is 30.3 Å². The zero-order chi connectivity index (χ0) is 20.7. The maximum absolute atomic E-state index is 14.0. The number of aryl methyl sites for hydroxylation is 2. The van der Waals surface area contributed by atoms with Crippen molar-refractivity contribution in [3.63, 3.8) is 0 Å². The second-order valence-corrected chi connectivity index (χ2v) is 6.75. The van der Waals surface area contributed by atoms with Crippen molar-refractivity contribution >= 4 is 11.0 Å². The van der Waals surface area contributed by atoms with Gasteiger partial charge >= 0.3 is 0 Å². The van der Waals surface area contributed by atoms with Crippen LogP contribution in [-0.4, -0.2) is 31.7 Å². The first-order valence-electron chi connectivity index (χ1n) is 9.30. The Bertz CT molecular complexity index is 1180. The molecule has 4 aromatic rings. The number of nitrogens with zero attached hydrogens (tertiary/aromatic N) is 5. The van der Waals surface area contributed by atoms with Gasteiger partial charge < -0.3 is 4.74 Å². The Morgan fingerprint density at radius 3 is 2.45 bits per heavy atom. The smallest absolute Gasteiger partial charge is 0.264 e. The van der Waals surface area contributed by atoms with E-state index >= 15 is 0 Å². The zero-order valence-electron chi connectivity index (χ0n) is 16.6. The summed E-state index contributed by atoms with van der Waals surface area (Å²) in [6.07, 6.45) is -0.976. The fraction of sp³-hybridized carbons (Fsp3) is 0.286. The maximum Gasteiger partial charge on any atom is 0.264 e. The molecule has 0 radical (unpaired) electrons. The summed E-state index contributed by atoms with van der Waals surface area (Å²) in [4.78, 5) is 4.72. The van der Waals surface area contributed by atoms with Crippen LogP contribution in [0.15, 0.2) is 36.5 Å². The Balaban J connectivity index is 1.98. The predicted octanol–water partition coefficient (Wildman–Crippen LogP) is 4.87. The van der Waals surface area contributed by atoms with E-state index in [2.05, 4.69) is 10.2 Å². The van der Waals surface area contributed by atoms with E-state index in [1.54, 1.807) is 37.0 Å². The summed E-state index contributed by atoms with van der Waals surface area (Å²) in [5.74, 6) is 0.700. The number of alkyl halides is 2. The molecule has 0 bridgehead atoms. The van der Waals surface area contributed by atoms with Crippen LogP contribution in [0.4, 0.5) is 8.78 Å². The lowest BCUT2D eigenvalue weighted by Crippen LogP contribution is -2.01. The Morgan fingerprint density at radius 1 is 1.14 bits per heavy atom. The lowest BCUT2D eigenvalue weighted by atomic mass is 10.1. The normalized spacial score (nSPS) is 11.6. The highest BCUT2D eigenvalue weighted by atomic mass is 19.3. The average molecular weight is 397 g/mol. The number of methoxy groups -OCH3 is 1. The molecule has 0 N–H and O–H groups in total. The molecule has 0 spiro atoms. The van der Waals surface area contributed by atoms with Crippen LogP contribution in [0.25, 0.3) is 28.0 Å². The van der Waals surface area contributed by atoms with Crippen LogP contribution in [-0.2, 0) is 6.54 Å². The van der Waals surface area contributed by atoms with Gasteiger partial charge in [0, 0.05) is 23.4 Å². The number of hydrogen-bond acceptors (Lipinski definition) is 4. The third-order valence-electron chi connectivity index (χ3n) is 5.07. The van der Waals surface area contributed by atoms with Gasteiger partial charge in [0.1, 0.15) is 5.75 Å². The van der Waals surface area contributed by atoms with Gasteiger partial charge in [-0.1, -0.05) is 0 Å². The van der Waals surface area contributed by atoms with Gasteiger partial charge in [0.05, 0.1) is 35.8 Å². The van der Waals surface area contributed by atoms with Crippen LogP contribution >= 0.6 is 0 Å². The number of rotatable bonds is 5. The summed E-state index contributed by atoms with van der Waals surface area (Å²) in [6.45, 7) is 6.30. The van der Waals surface area contributed by atoms with Gasteiger partial charge in [-0.15, -0.1) is 0 Å². The molecule has 0 unspecified atom stereocenters. The van der Waals surface area contributed by atoms with E-state index in [1.807, 2.05) is 30.7 Å². The van der Waals surface area contributed by atoms with Crippen LogP contribution in [0.2, 0.25) is 0 Å². The highest BCUT2D eigenvalue weighted by molar-refractivity contribution is 5.86. The first-order valence-corrected chi connectivity index (χ1v) is 9.30. The molecule has 4 rings (SSSR count). The molecule has 0 atom stereocenters. The lowest BCUT2D eigenvalue weighted by molar-refractivity contribution is 0.153. The number of ether oxygens (including phenoxy) is 1. The topological polar surface area (TPSA) is 57.8 Å². The molecular weight excluding hydrogens is 376 g/mol. The molecule has 0 aliphatic heterocycles. The molecule has 8 heteroatoms. The van der Waals surface area contributed by atoms with Gasteiger partial charge in [-0.05, 0) is 51.1 Å². The molecule has 29 heavy (non-hydrogen) atoms. The largest absolute Gasteiger partial charge is 0.497 e. The minimum absolute atomic E-state index is 0.0779. The molecule has 1 aromatic carbocycles. The van der Waals surface area contributed by atoms with Crippen molar-refractivity contribution in [2.45, 2.75) is 33.7 Å². The molecule has 0 saturated carbocycles. The summed E-state index contributed by atoms with van der Waals surface area (Å²) in [5.41, 5.74) is 3.61. The van der Waals surface area contributed by atoms with Crippen molar-refractivity contribution in [3.05, 3.63) is 53.5 Å². The Hall–Kier alpha value is -3.29. The van der Waals surface area contributed by atoms with Crippen LogP contribution in [0.5, 0.6) is 5.75 Å². The van der Waals surface area contributed by atoms with Crippen molar-refractivity contribution in [1.29, 1.82) is 0 Å². The number of fused-ring (bicyclic) bond motifs is 1. The number of hydrogen-bond donors (Lipinski definition) is 0. The second kappa shape index (κ2) is 7.27. The number of benzene rings is 1. The third kappa shape index (κ3) is 3.14. The van der Waals surface area contributed by atoms with E-state index < -0.39 is 6.43 Å². The molecule has 3 heterocycles. The lowest BCUT2D eigenvalue weighted by Gasteiger charge is -2.09. The fourth-order valence-electron chi connectivity index (χ4n) is 3.55. The van der Waals surface area contributed by atoms with Crippen molar-refractivity contribution in [2.24, 2.45) is 0 Å². The monoisotopic (exact) mass is 397 g/mol. The van der Waals surface area contributed by atoms with E-state index in [1.165, 1.54) is 6.07 Å². The van der Waals surface area contributed by atoms with Crippen molar-refractivity contribution in [1.82, 2.24) is 24.5 Å². The number of halogens is 2. The molecule has 0 aliphatic carbocycles. The quantitative estimate of drug-likeness (QED) is 0.482. The zero-order valence-corrected chi connectivity index (χ0v) is 16.6. The summed E-state index contributed by atoms with van der Waals surface area (Å²) >= 11 is 0. The van der Waals surface area contributed by atoms with Crippen molar-refractivity contribution < 1.29 is 13.5 Å². The van der Waals surface area contributed by atoms with E-state index in [0.717, 1.165) is 16.9 Å². The molecule has 3 aromatic heterocycles. The van der Waals surface area contributed by atoms with Crippen molar-refractivity contribution in [2.75, 3.05) is 7.11 Å². The Kier molecular flexibility index (Phi) is 4.77. The van der Waals surface area contributed by atoms with Crippen molar-refractivity contribution in [3.8, 4) is 22.7 Å². The summed E-state index contributed by atoms with van der Waals surface area (Å²) < 4.78 is 36.5. The average Bonchev–Trinajstić information content (AvgIpc) is 3.27. The Labute approximate surface area is 166 Å². The summed E-state index contributed by atoms with van der Waals surface area (Å²) in [5, 5.41) is 9.19. The summed E-state index contributed by atoms with van der Waals surface area (Å²) in [7, 11) is 1.59. The highest BCUT2D eigenvalue weighted by Crippen LogP contribution is 2.34. The van der Waals surface area contributed by atoms with Gasteiger partial charge in [-0.2, -0.15) is 10.2 Å². The second-order valence-electron chi connectivity index (χ2n) is 6.75. The SMILES string of the molecule is CCn1ncc(-c2cc(C(F)F)c3c(C)nn(-c4ccc(OC)cc4)c3n2)c1C. The number of aromatic nitrogens is 5. The molecule has 0 fully saturated rings. The minimum atomic E-state index is -2.65. The fourth-order valence-corrected chi connectivity index (χ4v) is 3.55. The standard InChI is InChI=1S/C21H21F2N5O/c1-5-27-13(3)17(11-24-27)18-10-16(20(22)23)19-12(2)26-28(21(19)25-18)14-6-8-15(29-4)9-7-14/h6-11,20H,5H2,1-4H3. The van der Waals surface area contributed by atoms with Crippen LogP contribution in [0.3, 0.4) is 0 Å². The first-order chi connectivity index (χ1) is 13.9. The van der Waals surface area contributed by atoms with Gasteiger partial charge in [0.15, 0.2) is 5.65 Å². The minimum Gasteiger partial charge on any atom is -0.497 e. The van der Waals surface area contributed by atoms with Crippen LogP contribution in [0, 0.1) is 13.8 Å². The highest BCUT2D eigenvalue weighted by Gasteiger charge is 2.23. The Morgan fingerprint density at radius 2 is 1.86 bits per heavy atom. The summed E-state index contributed by atoms with van der Waals surface area (Å²) in [6, 6.07) is 8.68. The first kappa shape index (κ1) is 19.0. The van der Waals surface area contributed by atoms with Gasteiger partial charge in [0.2, 0.25) is 0 Å². The van der Waals surface area contributed by atoms with Gasteiger partial charge in [-0.25, -0.2) is 18.4 Å². The van der Waals surface area contributed by atoms with E-state index in [9.17, 15) is 8.78 Å². The molecule has 6 nitrogen and oxygen atoms in total. The van der Waals surface area contributed by atoms with Crippen LogP contribution < -0.4 is 4.74 Å². The predicted molar refractivity (Wildman–Crippen MR) is 107 cm³/mol. The van der Waals surface area contributed by atoms with Gasteiger partial charge in [-0.3, -0.25) is 4.68 Å². The van der Waals surface area contributed by atoms with E-state index in [0.29, 0.717) is 34.7 Å². The van der Waals surface area contributed by atoms with E-state index in [-0.39, 0.29) is 5.56 Å².